The summed E-state index contributed by atoms with van der Waals surface area (Å²) in [7, 11) is 1.96. The molecule has 1 saturated carbocycles. The van der Waals surface area contributed by atoms with Crippen LogP contribution in [0.3, 0.4) is 0 Å². The summed E-state index contributed by atoms with van der Waals surface area (Å²) >= 11 is 0. The fraction of sp³-hybridized carbons (Fsp3) is 0.538. The smallest absolute Gasteiger partial charge is 0.143 e. The second-order valence-electron chi connectivity index (χ2n) is 4.44. The summed E-state index contributed by atoms with van der Waals surface area (Å²) in [5.41, 5.74) is 2.48. The van der Waals surface area contributed by atoms with E-state index in [9.17, 15) is 0 Å². The van der Waals surface area contributed by atoms with Gasteiger partial charge in [0.1, 0.15) is 5.75 Å². The summed E-state index contributed by atoms with van der Waals surface area (Å²) in [5, 5.41) is 3.25. The summed E-state index contributed by atoms with van der Waals surface area (Å²) in [6.45, 7) is 4.41. The highest BCUT2D eigenvalue weighted by atomic mass is 16.5. The molecule has 0 spiro atoms. The van der Waals surface area contributed by atoms with Gasteiger partial charge in [-0.05, 0) is 30.4 Å². The molecule has 15 heavy (non-hydrogen) atoms. The van der Waals surface area contributed by atoms with Gasteiger partial charge in [0.25, 0.3) is 0 Å². The maximum absolute atomic E-state index is 5.88. The van der Waals surface area contributed by atoms with Gasteiger partial charge in [-0.1, -0.05) is 26.0 Å². The number of para-hydroxylation sites is 1. The molecule has 0 heterocycles. The summed E-state index contributed by atoms with van der Waals surface area (Å²) in [4.78, 5) is 0. The Bertz CT molecular complexity index is 342. The standard InChI is InChI=1S/C13H19NO/c1-9(2)11-5-4-6-12(13(11)14-3)15-10-7-8-10/h4-6,9-10,14H,7-8H2,1-3H3. The molecule has 1 N–H and O–H groups in total. The Labute approximate surface area is 91.6 Å². The Morgan fingerprint density at radius 3 is 2.60 bits per heavy atom. The lowest BCUT2D eigenvalue weighted by Gasteiger charge is -2.17. The minimum atomic E-state index is 0.458. The molecule has 1 aliphatic carbocycles. The fourth-order valence-corrected chi connectivity index (χ4v) is 1.76. The lowest BCUT2D eigenvalue weighted by Crippen LogP contribution is -2.03. The van der Waals surface area contributed by atoms with E-state index in [0.29, 0.717) is 12.0 Å². The predicted molar refractivity (Wildman–Crippen MR) is 63.7 cm³/mol. The molecule has 0 radical (unpaired) electrons. The number of rotatable bonds is 4. The first-order valence-corrected chi connectivity index (χ1v) is 5.69. The van der Waals surface area contributed by atoms with Crippen molar-refractivity contribution >= 4 is 5.69 Å². The molecule has 0 unspecified atom stereocenters. The third-order valence-corrected chi connectivity index (χ3v) is 2.75. The first-order valence-electron chi connectivity index (χ1n) is 5.69. The molecule has 82 valence electrons. The largest absolute Gasteiger partial charge is 0.488 e. The Morgan fingerprint density at radius 2 is 2.07 bits per heavy atom. The highest BCUT2D eigenvalue weighted by Gasteiger charge is 2.25. The van der Waals surface area contributed by atoms with Crippen LogP contribution in [-0.2, 0) is 0 Å². The van der Waals surface area contributed by atoms with Crippen molar-refractivity contribution in [1.29, 1.82) is 0 Å². The minimum absolute atomic E-state index is 0.458. The van der Waals surface area contributed by atoms with Crippen LogP contribution in [0.4, 0.5) is 5.69 Å². The van der Waals surface area contributed by atoms with Crippen molar-refractivity contribution in [1.82, 2.24) is 0 Å². The van der Waals surface area contributed by atoms with Crippen molar-refractivity contribution in [3.63, 3.8) is 0 Å². The summed E-state index contributed by atoms with van der Waals surface area (Å²) < 4.78 is 5.88. The number of anilines is 1. The molecule has 2 nitrogen and oxygen atoms in total. The zero-order chi connectivity index (χ0) is 10.8. The molecule has 1 aromatic rings. The molecule has 0 amide bonds. The van der Waals surface area contributed by atoms with Crippen molar-refractivity contribution in [2.75, 3.05) is 12.4 Å². The van der Waals surface area contributed by atoms with Crippen molar-refractivity contribution < 1.29 is 4.74 Å². The second-order valence-corrected chi connectivity index (χ2v) is 4.44. The first kappa shape index (κ1) is 10.3. The van der Waals surface area contributed by atoms with E-state index in [4.69, 9.17) is 4.74 Å². The van der Waals surface area contributed by atoms with E-state index < -0.39 is 0 Å². The average molecular weight is 205 g/mol. The molecular weight excluding hydrogens is 186 g/mol. The Balaban J connectivity index is 2.30. The zero-order valence-electron chi connectivity index (χ0n) is 9.71. The number of ether oxygens (including phenoxy) is 1. The van der Waals surface area contributed by atoms with Crippen LogP contribution in [0.25, 0.3) is 0 Å². The third-order valence-electron chi connectivity index (χ3n) is 2.75. The Morgan fingerprint density at radius 1 is 1.33 bits per heavy atom. The van der Waals surface area contributed by atoms with Gasteiger partial charge in [0.05, 0.1) is 11.8 Å². The fourth-order valence-electron chi connectivity index (χ4n) is 1.76. The normalized spacial score (nSPS) is 15.5. The molecule has 2 rings (SSSR count). The summed E-state index contributed by atoms with van der Waals surface area (Å²) in [5.74, 6) is 1.53. The third kappa shape index (κ3) is 2.25. The van der Waals surface area contributed by atoms with Crippen LogP contribution < -0.4 is 10.1 Å². The molecule has 0 bridgehead atoms. The van der Waals surface area contributed by atoms with Gasteiger partial charge in [-0.15, -0.1) is 0 Å². The maximum Gasteiger partial charge on any atom is 0.143 e. The first-order chi connectivity index (χ1) is 7.22. The number of hydrogen-bond donors (Lipinski definition) is 1. The van der Waals surface area contributed by atoms with Crippen molar-refractivity contribution in [2.45, 2.75) is 38.7 Å². The van der Waals surface area contributed by atoms with Crippen LogP contribution in [0, 0.1) is 0 Å². The van der Waals surface area contributed by atoms with Gasteiger partial charge >= 0.3 is 0 Å². The number of nitrogens with one attached hydrogen (secondary N) is 1. The van der Waals surface area contributed by atoms with E-state index in [1.807, 2.05) is 7.05 Å². The highest BCUT2D eigenvalue weighted by molar-refractivity contribution is 5.62. The van der Waals surface area contributed by atoms with Crippen molar-refractivity contribution in [3.05, 3.63) is 23.8 Å². The molecular formula is C13H19NO. The maximum atomic E-state index is 5.88. The van der Waals surface area contributed by atoms with E-state index in [2.05, 4.69) is 37.4 Å². The molecule has 2 heteroatoms. The average Bonchev–Trinajstić information content (AvgIpc) is 3.01. The lowest BCUT2D eigenvalue weighted by atomic mass is 10.0. The van der Waals surface area contributed by atoms with Crippen LogP contribution in [0.2, 0.25) is 0 Å². The van der Waals surface area contributed by atoms with Gasteiger partial charge in [0, 0.05) is 7.05 Å². The van der Waals surface area contributed by atoms with E-state index in [1.54, 1.807) is 0 Å². The van der Waals surface area contributed by atoms with Crippen LogP contribution in [0.15, 0.2) is 18.2 Å². The molecule has 0 atom stereocenters. The van der Waals surface area contributed by atoms with E-state index in [0.717, 1.165) is 11.4 Å². The van der Waals surface area contributed by atoms with Gasteiger partial charge in [0.2, 0.25) is 0 Å². The van der Waals surface area contributed by atoms with Crippen molar-refractivity contribution in [3.8, 4) is 5.75 Å². The predicted octanol–water partition coefficient (Wildman–Crippen LogP) is 3.39. The van der Waals surface area contributed by atoms with E-state index >= 15 is 0 Å². The van der Waals surface area contributed by atoms with Gasteiger partial charge in [-0.2, -0.15) is 0 Å². The van der Waals surface area contributed by atoms with Gasteiger partial charge in [0.15, 0.2) is 0 Å². The van der Waals surface area contributed by atoms with Crippen LogP contribution >= 0.6 is 0 Å². The molecule has 0 aromatic heterocycles. The van der Waals surface area contributed by atoms with Gasteiger partial charge < -0.3 is 10.1 Å². The van der Waals surface area contributed by atoms with Crippen LogP contribution in [0.5, 0.6) is 5.75 Å². The monoisotopic (exact) mass is 205 g/mol. The molecule has 1 aromatic carbocycles. The quantitative estimate of drug-likeness (QED) is 0.813. The Kier molecular flexibility index (Phi) is 2.85. The van der Waals surface area contributed by atoms with E-state index in [-0.39, 0.29) is 0 Å². The van der Waals surface area contributed by atoms with Crippen molar-refractivity contribution in [2.24, 2.45) is 0 Å². The SMILES string of the molecule is CNc1c(OC2CC2)cccc1C(C)C. The zero-order valence-corrected chi connectivity index (χ0v) is 9.71. The Hall–Kier alpha value is -1.18. The van der Waals surface area contributed by atoms with Crippen LogP contribution in [0.1, 0.15) is 38.2 Å². The molecule has 1 fully saturated rings. The summed E-state index contributed by atoms with van der Waals surface area (Å²) in [6, 6.07) is 6.29. The number of benzene rings is 1. The minimum Gasteiger partial charge on any atom is -0.488 e. The van der Waals surface area contributed by atoms with Gasteiger partial charge in [-0.3, -0.25) is 0 Å². The topological polar surface area (TPSA) is 21.3 Å². The lowest BCUT2D eigenvalue weighted by molar-refractivity contribution is 0.304. The molecule has 1 aliphatic rings. The highest BCUT2D eigenvalue weighted by Crippen LogP contribution is 2.36. The molecule has 0 aliphatic heterocycles. The summed E-state index contributed by atoms with van der Waals surface area (Å²) in [6.07, 6.45) is 2.86. The molecule has 0 saturated heterocycles. The second kappa shape index (κ2) is 4.13. The number of hydrogen-bond acceptors (Lipinski definition) is 2. The van der Waals surface area contributed by atoms with Crippen LogP contribution in [-0.4, -0.2) is 13.2 Å². The van der Waals surface area contributed by atoms with E-state index in [1.165, 1.54) is 18.4 Å². The van der Waals surface area contributed by atoms with Gasteiger partial charge in [-0.25, -0.2) is 0 Å².